The van der Waals surface area contributed by atoms with Gasteiger partial charge in [-0.2, -0.15) is 0 Å². The number of nitrogens with zero attached hydrogens (tertiary/aromatic N) is 2. The lowest BCUT2D eigenvalue weighted by Gasteiger charge is -2.44. The van der Waals surface area contributed by atoms with E-state index in [1.165, 1.54) is 5.69 Å². The Balaban J connectivity index is 1.31. The van der Waals surface area contributed by atoms with Crippen LogP contribution in [0.5, 0.6) is 0 Å². The molecule has 3 aliphatic heterocycles. The van der Waals surface area contributed by atoms with Crippen LogP contribution in [0.1, 0.15) is 12.8 Å². The first-order chi connectivity index (χ1) is 12.8. The Kier molecular flexibility index (Phi) is 4.17. The summed E-state index contributed by atoms with van der Waals surface area (Å²) in [4.78, 5) is 17.6. The molecule has 0 aromatic heterocycles. The van der Waals surface area contributed by atoms with Crippen LogP contribution in [0.4, 0.5) is 5.69 Å². The summed E-state index contributed by atoms with van der Waals surface area (Å²) in [5.41, 5.74) is 1.32. The molecule has 5 nitrogen and oxygen atoms in total. The summed E-state index contributed by atoms with van der Waals surface area (Å²) in [6.07, 6.45) is 2.22. The number of ether oxygens (including phenoxy) is 2. The van der Waals surface area contributed by atoms with E-state index >= 15 is 0 Å². The summed E-state index contributed by atoms with van der Waals surface area (Å²) in [7, 11) is 0. The number of carbonyl (C=O) groups is 1. The minimum atomic E-state index is 0.0563. The van der Waals surface area contributed by atoms with Gasteiger partial charge in [-0.1, -0.05) is 18.2 Å². The van der Waals surface area contributed by atoms with Crippen molar-refractivity contribution in [3.05, 3.63) is 30.3 Å². The summed E-state index contributed by atoms with van der Waals surface area (Å²) in [5, 5.41) is 0. The zero-order valence-corrected chi connectivity index (χ0v) is 15.3. The number of piperidine rings is 1. The minimum Gasteiger partial charge on any atom is -0.381 e. The average Bonchev–Trinajstić information content (AvgIpc) is 3.24. The lowest BCUT2D eigenvalue weighted by atomic mass is 9.79. The summed E-state index contributed by atoms with van der Waals surface area (Å²) < 4.78 is 11.5. The third-order valence-corrected chi connectivity index (χ3v) is 6.77. The van der Waals surface area contributed by atoms with Crippen molar-refractivity contribution in [3.63, 3.8) is 0 Å². The molecule has 1 amide bonds. The molecule has 140 valence electrons. The van der Waals surface area contributed by atoms with E-state index in [-0.39, 0.29) is 11.3 Å². The molecule has 5 heteroatoms. The van der Waals surface area contributed by atoms with Crippen molar-refractivity contribution in [2.75, 3.05) is 57.5 Å². The van der Waals surface area contributed by atoms with Gasteiger partial charge >= 0.3 is 0 Å². The van der Waals surface area contributed by atoms with E-state index in [0.29, 0.717) is 17.7 Å². The topological polar surface area (TPSA) is 42.0 Å². The Bertz CT molecular complexity index is 656. The highest BCUT2D eigenvalue weighted by atomic mass is 16.5. The van der Waals surface area contributed by atoms with Crippen LogP contribution in [-0.4, -0.2) is 63.4 Å². The second-order valence-corrected chi connectivity index (χ2v) is 8.56. The number of benzene rings is 1. The van der Waals surface area contributed by atoms with Crippen LogP contribution in [0.2, 0.25) is 0 Å². The van der Waals surface area contributed by atoms with Gasteiger partial charge in [0.25, 0.3) is 0 Å². The molecule has 1 saturated carbocycles. The van der Waals surface area contributed by atoms with Gasteiger partial charge in [0.1, 0.15) is 0 Å². The van der Waals surface area contributed by atoms with Crippen molar-refractivity contribution < 1.29 is 14.3 Å². The molecule has 1 aromatic rings. The molecular weight excluding hydrogens is 328 g/mol. The van der Waals surface area contributed by atoms with E-state index in [1.807, 2.05) is 0 Å². The molecular formula is C21H28N2O3. The Hall–Kier alpha value is -1.59. The fraction of sp³-hybridized carbons (Fsp3) is 0.667. The molecule has 1 aromatic carbocycles. The predicted molar refractivity (Wildman–Crippen MR) is 99.0 cm³/mol. The molecule has 0 radical (unpaired) electrons. The highest BCUT2D eigenvalue weighted by Gasteiger charge is 2.59. The minimum absolute atomic E-state index is 0.0563. The number of anilines is 1. The Morgan fingerprint density at radius 3 is 2.65 bits per heavy atom. The Morgan fingerprint density at radius 1 is 1.04 bits per heavy atom. The van der Waals surface area contributed by atoms with Crippen molar-refractivity contribution in [2.45, 2.75) is 12.8 Å². The summed E-state index contributed by atoms with van der Waals surface area (Å²) in [6, 6.07) is 10.6. The largest absolute Gasteiger partial charge is 0.381 e. The smallest absolute Gasteiger partial charge is 0.226 e. The fourth-order valence-electron chi connectivity index (χ4n) is 5.31. The van der Waals surface area contributed by atoms with Crippen molar-refractivity contribution in [2.24, 2.45) is 23.2 Å². The van der Waals surface area contributed by atoms with Gasteiger partial charge in [0.05, 0.1) is 26.4 Å². The second kappa shape index (κ2) is 6.54. The lowest BCUT2D eigenvalue weighted by Crippen LogP contribution is -2.52. The summed E-state index contributed by atoms with van der Waals surface area (Å²) in [6.45, 7) is 6.73. The van der Waals surface area contributed by atoms with Crippen LogP contribution in [0, 0.1) is 23.2 Å². The van der Waals surface area contributed by atoms with Crippen LogP contribution < -0.4 is 4.90 Å². The maximum atomic E-state index is 13.1. The SMILES string of the molecule is O=C(C1[C@H]2COC[C@@H]12)N1CCCC2(COCCN(c3ccccc3)C2)C1. The standard InChI is InChI=1S/C21H28N2O3/c24-20(19-17-11-26-12-18(17)19)23-8-4-7-21(14-23)13-22(9-10-25-15-21)16-5-2-1-3-6-16/h1-3,5-6,17-19H,4,7-15H2/t17-,18+,19?,21?. The monoisotopic (exact) mass is 356 g/mol. The van der Waals surface area contributed by atoms with Gasteiger partial charge in [-0.05, 0) is 36.8 Å². The quantitative estimate of drug-likeness (QED) is 0.813. The third-order valence-electron chi connectivity index (χ3n) is 6.77. The van der Waals surface area contributed by atoms with E-state index in [1.54, 1.807) is 0 Å². The molecule has 4 aliphatic rings. The summed E-state index contributed by atoms with van der Waals surface area (Å²) in [5.74, 6) is 1.59. The predicted octanol–water partition coefficient (Wildman–Crippen LogP) is 2.02. The average molecular weight is 356 g/mol. The molecule has 0 bridgehead atoms. The fourth-order valence-corrected chi connectivity index (χ4v) is 5.31. The first-order valence-electron chi connectivity index (χ1n) is 10.0. The van der Waals surface area contributed by atoms with Crippen LogP contribution in [0.15, 0.2) is 30.3 Å². The van der Waals surface area contributed by atoms with E-state index < -0.39 is 0 Å². The van der Waals surface area contributed by atoms with Crippen molar-refractivity contribution in [1.29, 1.82) is 0 Å². The third kappa shape index (κ3) is 2.91. The molecule has 4 atom stereocenters. The van der Waals surface area contributed by atoms with Gasteiger partial charge in [-0.25, -0.2) is 0 Å². The molecule has 3 heterocycles. The molecule has 1 spiro atoms. The summed E-state index contributed by atoms with van der Waals surface area (Å²) >= 11 is 0. The van der Waals surface area contributed by atoms with E-state index in [0.717, 1.165) is 65.4 Å². The number of rotatable bonds is 2. The molecule has 4 fully saturated rings. The zero-order chi connectivity index (χ0) is 17.6. The van der Waals surface area contributed by atoms with Gasteiger partial charge < -0.3 is 19.3 Å². The van der Waals surface area contributed by atoms with Gasteiger partial charge in [0.2, 0.25) is 5.91 Å². The zero-order valence-electron chi connectivity index (χ0n) is 15.3. The number of amides is 1. The highest BCUT2D eigenvalue weighted by Crippen LogP contribution is 2.52. The van der Waals surface area contributed by atoms with E-state index in [4.69, 9.17) is 9.47 Å². The first kappa shape index (κ1) is 16.6. The van der Waals surface area contributed by atoms with Gasteiger partial charge in [-0.15, -0.1) is 0 Å². The molecule has 0 N–H and O–H groups in total. The Labute approximate surface area is 155 Å². The van der Waals surface area contributed by atoms with E-state index in [2.05, 4.69) is 40.1 Å². The number of para-hydroxylation sites is 1. The maximum absolute atomic E-state index is 13.1. The normalized spacial score (nSPS) is 36.7. The second-order valence-electron chi connectivity index (χ2n) is 8.56. The lowest BCUT2D eigenvalue weighted by molar-refractivity contribution is -0.138. The van der Waals surface area contributed by atoms with Gasteiger partial charge in [0.15, 0.2) is 0 Å². The van der Waals surface area contributed by atoms with Crippen LogP contribution in [-0.2, 0) is 14.3 Å². The number of hydrogen-bond donors (Lipinski definition) is 0. The number of likely N-dealkylation sites (tertiary alicyclic amines) is 1. The van der Waals surface area contributed by atoms with Crippen molar-refractivity contribution >= 4 is 11.6 Å². The molecule has 2 unspecified atom stereocenters. The van der Waals surface area contributed by atoms with Crippen LogP contribution >= 0.6 is 0 Å². The highest BCUT2D eigenvalue weighted by molar-refractivity contribution is 5.82. The molecule has 3 saturated heterocycles. The Morgan fingerprint density at radius 2 is 1.85 bits per heavy atom. The molecule has 1 aliphatic carbocycles. The van der Waals surface area contributed by atoms with Crippen LogP contribution in [0.3, 0.4) is 0 Å². The molecule has 5 rings (SSSR count). The number of fused-ring (bicyclic) bond motifs is 1. The first-order valence-corrected chi connectivity index (χ1v) is 10.0. The number of carbonyl (C=O) groups excluding carboxylic acids is 1. The van der Waals surface area contributed by atoms with Gasteiger partial charge in [-0.3, -0.25) is 4.79 Å². The van der Waals surface area contributed by atoms with Gasteiger partial charge in [0, 0.05) is 43.2 Å². The van der Waals surface area contributed by atoms with Crippen LogP contribution in [0.25, 0.3) is 0 Å². The molecule has 26 heavy (non-hydrogen) atoms. The number of hydrogen-bond acceptors (Lipinski definition) is 4. The van der Waals surface area contributed by atoms with Crippen molar-refractivity contribution in [3.8, 4) is 0 Å². The van der Waals surface area contributed by atoms with Crippen molar-refractivity contribution in [1.82, 2.24) is 4.90 Å². The maximum Gasteiger partial charge on any atom is 0.226 e. The van der Waals surface area contributed by atoms with E-state index in [9.17, 15) is 4.79 Å².